The molecule has 3 heteroatoms. The van der Waals surface area contributed by atoms with Gasteiger partial charge >= 0.3 is 0 Å². The smallest absolute Gasteiger partial charge is 0.140 e. The van der Waals surface area contributed by atoms with E-state index < -0.39 is 0 Å². The number of fused-ring (bicyclic) bond motifs is 1. The highest BCUT2D eigenvalue weighted by atomic mass is 16.1. The molecule has 2 aliphatic rings. The number of imidazole rings is 1. The fourth-order valence-corrected chi connectivity index (χ4v) is 3.11. The van der Waals surface area contributed by atoms with Gasteiger partial charge in [-0.1, -0.05) is 12.8 Å². The zero-order valence-corrected chi connectivity index (χ0v) is 9.83. The van der Waals surface area contributed by atoms with Gasteiger partial charge in [0.2, 0.25) is 0 Å². The maximum atomic E-state index is 11.5. The van der Waals surface area contributed by atoms with E-state index in [4.69, 9.17) is 4.98 Å². The molecule has 3 nitrogen and oxygen atoms in total. The number of carbonyl (C=O) groups is 1. The largest absolute Gasteiger partial charge is 0.331 e. The molecular weight excluding hydrogens is 200 g/mol. The van der Waals surface area contributed by atoms with Crippen LogP contribution in [-0.2, 0) is 17.8 Å². The molecule has 0 amide bonds. The van der Waals surface area contributed by atoms with Gasteiger partial charge in [-0.15, -0.1) is 0 Å². The number of Topliss-reactive ketones (excluding diaryl/α,β-unsaturated/α-hetero) is 1. The Morgan fingerprint density at radius 2 is 2.06 bits per heavy atom. The van der Waals surface area contributed by atoms with E-state index in [1.807, 2.05) is 6.92 Å². The first-order chi connectivity index (χ1) is 7.75. The van der Waals surface area contributed by atoms with Gasteiger partial charge in [0, 0.05) is 31.0 Å². The number of carbonyl (C=O) groups excluding carboxylic acids is 1. The maximum Gasteiger partial charge on any atom is 0.140 e. The summed E-state index contributed by atoms with van der Waals surface area (Å²) in [7, 11) is 0. The molecule has 1 aliphatic carbocycles. The Morgan fingerprint density at radius 3 is 2.81 bits per heavy atom. The van der Waals surface area contributed by atoms with Gasteiger partial charge in [0.15, 0.2) is 0 Å². The van der Waals surface area contributed by atoms with Gasteiger partial charge in [-0.25, -0.2) is 4.98 Å². The monoisotopic (exact) mass is 218 g/mol. The fourth-order valence-electron chi connectivity index (χ4n) is 3.11. The third kappa shape index (κ3) is 1.49. The van der Waals surface area contributed by atoms with Crippen LogP contribution in [0.15, 0.2) is 0 Å². The zero-order valence-electron chi connectivity index (χ0n) is 9.83. The summed E-state index contributed by atoms with van der Waals surface area (Å²) in [5, 5.41) is 0. The molecule has 1 aliphatic heterocycles. The molecule has 1 aromatic rings. The van der Waals surface area contributed by atoms with Crippen LogP contribution in [0.4, 0.5) is 0 Å². The van der Waals surface area contributed by atoms with E-state index >= 15 is 0 Å². The lowest BCUT2D eigenvalue weighted by atomic mass is 10.1. The summed E-state index contributed by atoms with van der Waals surface area (Å²) < 4.78 is 2.33. The minimum atomic E-state index is 0.369. The zero-order chi connectivity index (χ0) is 11.1. The number of hydrogen-bond acceptors (Lipinski definition) is 2. The molecular formula is C13H18N2O. The van der Waals surface area contributed by atoms with E-state index in [0.717, 1.165) is 12.2 Å². The van der Waals surface area contributed by atoms with Crippen molar-refractivity contribution >= 4 is 5.78 Å². The molecule has 3 rings (SSSR count). The highest BCUT2D eigenvalue weighted by Gasteiger charge is 2.27. The van der Waals surface area contributed by atoms with Crippen LogP contribution in [0.5, 0.6) is 0 Å². The van der Waals surface area contributed by atoms with Crippen molar-refractivity contribution in [3.05, 3.63) is 17.2 Å². The summed E-state index contributed by atoms with van der Waals surface area (Å²) in [6.45, 7) is 2.91. The molecule has 16 heavy (non-hydrogen) atoms. The van der Waals surface area contributed by atoms with Crippen LogP contribution in [0.1, 0.15) is 55.2 Å². The maximum absolute atomic E-state index is 11.5. The van der Waals surface area contributed by atoms with E-state index in [9.17, 15) is 4.79 Å². The Balaban J connectivity index is 2.00. The Labute approximate surface area is 95.9 Å². The lowest BCUT2D eigenvalue weighted by Crippen LogP contribution is -2.21. The first-order valence-electron chi connectivity index (χ1n) is 6.33. The van der Waals surface area contributed by atoms with Gasteiger partial charge < -0.3 is 4.57 Å². The quantitative estimate of drug-likeness (QED) is 0.725. The summed E-state index contributed by atoms with van der Waals surface area (Å²) in [5.41, 5.74) is 2.26. The molecule has 2 heterocycles. The second kappa shape index (κ2) is 3.72. The molecule has 0 aromatic carbocycles. The molecule has 0 bridgehead atoms. The standard InChI is InChI=1S/C13H18N2O/c1-9-12-8-11(16)6-7-15(12)13(14-9)10-4-2-3-5-10/h10H,2-8H2,1H3. The number of nitrogens with zero attached hydrogens (tertiary/aromatic N) is 2. The first-order valence-corrected chi connectivity index (χ1v) is 6.33. The molecule has 1 saturated carbocycles. The number of ketones is 1. The van der Waals surface area contributed by atoms with Gasteiger partial charge in [-0.2, -0.15) is 0 Å². The third-order valence-electron chi connectivity index (χ3n) is 4.00. The van der Waals surface area contributed by atoms with Crippen molar-refractivity contribution in [2.45, 2.75) is 57.9 Å². The summed E-state index contributed by atoms with van der Waals surface area (Å²) >= 11 is 0. The molecule has 86 valence electrons. The summed E-state index contributed by atoms with van der Waals surface area (Å²) in [6, 6.07) is 0. The first kappa shape index (κ1) is 10.1. The second-order valence-corrected chi connectivity index (χ2v) is 5.10. The highest BCUT2D eigenvalue weighted by Crippen LogP contribution is 2.35. The lowest BCUT2D eigenvalue weighted by molar-refractivity contribution is -0.119. The molecule has 1 fully saturated rings. The van der Waals surface area contributed by atoms with Crippen molar-refractivity contribution in [2.24, 2.45) is 0 Å². The molecule has 1 aromatic heterocycles. The van der Waals surface area contributed by atoms with Crippen LogP contribution in [-0.4, -0.2) is 15.3 Å². The molecule has 0 saturated heterocycles. The van der Waals surface area contributed by atoms with Gasteiger partial charge in [-0.05, 0) is 19.8 Å². The van der Waals surface area contributed by atoms with Crippen LogP contribution in [0, 0.1) is 6.92 Å². The molecule has 0 spiro atoms. The van der Waals surface area contributed by atoms with E-state index in [-0.39, 0.29) is 0 Å². The Bertz CT molecular complexity index is 427. The summed E-state index contributed by atoms with van der Waals surface area (Å²) in [5.74, 6) is 2.28. The predicted octanol–water partition coefficient (Wildman–Crippen LogP) is 2.36. The topological polar surface area (TPSA) is 34.9 Å². The number of rotatable bonds is 1. The van der Waals surface area contributed by atoms with E-state index in [1.54, 1.807) is 0 Å². The third-order valence-corrected chi connectivity index (χ3v) is 4.00. The van der Waals surface area contributed by atoms with Gasteiger partial charge in [-0.3, -0.25) is 4.79 Å². The van der Waals surface area contributed by atoms with Crippen molar-refractivity contribution in [3.63, 3.8) is 0 Å². The minimum Gasteiger partial charge on any atom is -0.331 e. The second-order valence-electron chi connectivity index (χ2n) is 5.10. The van der Waals surface area contributed by atoms with Crippen LogP contribution >= 0.6 is 0 Å². The molecule has 0 radical (unpaired) electrons. The van der Waals surface area contributed by atoms with Crippen molar-refractivity contribution < 1.29 is 4.79 Å². The highest BCUT2D eigenvalue weighted by molar-refractivity contribution is 5.81. The van der Waals surface area contributed by atoms with Crippen molar-refractivity contribution in [1.82, 2.24) is 9.55 Å². The Kier molecular flexibility index (Phi) is 2.34. The van der Waals surface area contributed by atoms with Crippen molar-refractivity contribution in [2.75, 3.05) is 0 Å². The van der Waals surface area contributed by atoms with Crippen LogP contribution in [0.25, 0.3) is 0 Å². The van der Waals surface area contributed by atoms with E-state index in [1.165, 1.54) is 37.2 Å². The average molecular weight is 218 g/mol. The molecule has 0 N–H and O–H groups in total. The van der Waals surface area contributed by atoms with Gasteiger partial charge in [0.25, 0.3) is 0 Å². The van der Waals surface area contributed by atoms with Gasteiger partial charge in [0.1, 0.15) is 11.6 Å². The summed E-state index contributed by atoms with van der Waals surface area (Å²) in [4.78, 5) is 16.2. The van der Waals surface area contributed by atoms with Crippen LogP contribution in [0.2, 0.25) is 0 Å². The van der Waals surface area contributed by atoms with E-state index in [2.05, 4.69) is 4.57 Å². The summed E-state index contributed by atoms with van der Waals surface area (Å²) in [6.07, 6.45) is 6.54. The Morgan fingerprint density at radius 1 is 1.31 bits per heavy atom. The number of aryl methyl sites for hydroxylation is 1. The molecule has 0 atom stereocenters. The SMILES string of the molecule is Cc1nc(C2CCCC2)n2c1CC(=O)CC2. The van der Waals surface area contributed by atoms with Crippen molar-refractivity contribution in [3.8, 4) is 0 Å². The number of hydrogen-bond donors (Lipinski definition) is 0. The average Bonchev–Trinajstić information content (AvgIpc) is 2.87. The van der Waals surface area contributed by atoms with Crippen LogP contribution < -0.4 is 0 Å². The molecule has 0 unspecified atom stereocenters. The van der Waals surface area contributed by atoms with Gasteiger partial charge in [0.05, 0.1) is 5.69 Å². The lowest BCUT2D eigenvalue weighted by Gasteiger charge is -2.18. The predicted molar refractivity (Wildman–Crippen MR) is 61.5 cm³/mol. The normalized spacial score (nSPS) is 21.4. The Hall–Kier alpha value is -1.12. The van der Waals surface area contributed by atoms with E-state index in [0.29, 0.717) is 24.5 Å². The minimum absolute atomic E-state index is 0.369. The fraction of sp³-hybridized carbons (Fsp3) is 0.692. The number of aromatic nitrogens is 2. The van der Waals surface area contributed by atoms with Crippen molar-refractivity contribution in [1.29, 1.82) is 0 Å². The van der Waals surface area contributed by atoms with Crippen LogP contribution in [0.3, 0.4) is 0 Å².